The fourth-order valence-corrected chi connectivity index (χ4v) is 7.14. The minimum absolute atomic E-state index is 0.0439. The summed E-state index contributed by atoms with van der Waals surface area (Å²) in [5.41, 5.74) is 7.87. The second-order valence-electron chi connectivity index (χ2n) is 13.2. The van der Waals surface area contributed by atoms with Gasteiger partial charge >= 0.3 is 0 Å². The molecule has 54 heavy (non-hydrogen) atoms. The van der Waals surface area contributed by atoms with Crippen LogP contribution in [0.3, 0.4) is 0 Å². The number of nitrogens with zero attached hydrogens (tertiary/aromatic N) is 3. The summed E-state index contributed by atoms with van der Waals surface area (Å²) in [6.45, 7) is 0. The van der Waals surface area contributed by atoms with Crippen LogP contribution in [0.25, 0.3) is 99.9 Å². The first kappa shape index (κ1) is 25.7. The number of hydrogen-bond acceptors (Lipinski definition) is 3. The first-order valence-electron chi connectivity index (χ1n) is 20.8. The van der Waals surface area contributed by atoms with Gasteiger partial charge in [0.2, 0.25) is 0 Å². The Morgan fingerprint density at radius 1 is 0.296 bits per heavy atom. The van der Waals surface area contributed by atoms with Crippen molar-refractivity contribution in [2.75, 3.05) is 0 Å². The molecule has 0 radical (unpaired) electrons. The standard InChI is InChI=1S/C51H33N3/c1-3-12-34(13-4-1)38-23-24-40-32-44(27-25-39(40)30-38)51-53-49(36-15-5-2-6-16-36)52-50(54-51)43-19-11-18-41(33-43)45-28-29-46(48-21-10-9-20-47(45)48)42-26-22-35-14-7-8-17-37(35)31-42/h1-33H/i7D,8D,14D,17D,22D,26D. The van der Waals surface area contributed by atoms with Crippen molar-refractivity contribution in [3.8, 4) is 67.5 Å². The number of aromatic nitrogens is 3. The molecule has 0 N–H and O–H groups in total. The Balaban J connectivity index is 1.08. The molecule has 0 saturated heterocycles. The molecule has 0 spiro atoms. The van der Waals surface area contributed by atoms with Gasteiger partial charge in [-0.25, -0.2) is 15.0 Å². The van der Waals surface area contributed by atoms with E-state index in [1.807, 2.05) is 103 Å². The van der Waals surface area contributed by atoms with E-state index in [2.05, 4.69) is 54.6 Å². The SMILES string of the molecule is [2H]c1c([2H])c([2H])c2c([2H])c([2H])c(-c3ccc(-c4cccc(-c5nc(-c6ccccc6)nc(-c6ccc7cc(-c8ccccc8)ccc7c6)n5)c4)c4ccccc34)cc2c1[2H]. The van der Waals surface area contributed by atoms with E-state index in [9.17, 15) is 0 Å². The zero-order chi connectivity index (χ0) is 41.1. The summed E-state index contributed by atoms with van der Waals surface area (Å²) in [6, 6.07) is 52.9. The van der Waals surface area contributed by atoms with Gasteiger partial charge in [-0.2, -0.15) is 0 Å². The van der Waals surface area contributed by atoms with Crippen molar-refractivity contribution in [3.05, 3.63) is 200 Å². The normalized spacial score (nSPS) is 12.9. The quantitative estimate of drug-likeness (QED) is 0.174. The molecule has 0 saturated carbocycles. The molecule has 3 nitrogen and oxygen atoms in total. The summed E-state index contributed by atoms with van der Waals surface area (Å²) in [7, 11) is 0. The first-order valence-corrected chi connectivity index (χ1v) is 17.8. The average molecular weight is 694 g/mol. The third-order valence-electron chi connectivity index (χ3n) is 9.85. The van der Waals surface area contributed by atoms with Gasteiger partial charge in [-0.05, 0) is 90.0 Å². The van der Waals surface area contributed by atoms with Gasteiger partial charge in [0.15, 0.2) is 17.5 Å². The number of hydrogen-bond donors (Lipinski definition) is 0. The van der Waals surface area contributed by atoms with Crippen LogP contribution < -0.4 is 0 Å². The van der Waals surface area contributed by atoms with Gasteiger partial charge in [0.25, 0.3) is 0 Å². The molecule has 1 aromatic heterocycles. The highest BCUT2D eigenvalue weighted by Crippen LogP contribution is 2.38. The molecule has 0 bridgehead atoms. The Labute approximate surface area is 322 Å². The van der Waals surface area contributed by atoms with Crippen LogP contribution in [0.1, 0.15) is 8.22 Å². The minimum Gasteiger partial charge on any atom is -0.208 e. The predicted octanol–water partition coefficient (Wildman–Crippen LogP) is 13.3. The van der Waals surface area contributed by atoms with Crippen molar-refractivity contribution in [2.24, 2.45) is 0 Å². The van der Waals surface area contributed by atoms with Crippen molar-refractivity contribution >= 4 is 32.3 Å². The molecule has 10 rings (SSSR count). The molecule has 0 unspecified atom stereocenters. The van der Waals surface area contributed by atoms with Crippen LogP contribution in [0.4, 0.5) is 0 Å². The fraction of sp³-hybridized carbons (Fsp3) is 0. The van der Waals surface area contributed by atoms with Crippen molar-refractivity contribution in [1.82, 2.24) is 15.0 Å². The van der Waals surface area contributed by atoms with Gasteiger partial charge in [0.05, 0.1) is 8.22 Å². The van der Waals surface area contributed by atoms with Gasteiger partial charge in [0, 0.05) is 16.7 Å². The molecule has 0 aliphatic heterocycles. The third kappa shape index (κ3) is 5.88. The van der Waals surface area contributed by atoms with Crippen LogP contribution in [0.15, 0.2) is 200 Å². The predicted molar refractivity (Wildman–Crippen MR) is 225 cm³/mol. The van der Waals surface area contributed by atoms with Gasteiger partial charge in [-0.1, -0.05) is 176 Å². The maximum Gasteiger partial charge on any atom is 0.164 e. The Morgan fingerprint density at radius 3 is 1.50 bits per heavy atom. The summed E-state index contributed by atoms with van der Waals surface area (Å²) in [5.74, 6) is 1.66. The van der Waals surface area contributed by atoms with E-state index in [-0.39, 0.29) is 41.0 Å². The van der Waals surface area contributed by atoms with Gasteiger partial charge in [-0.3, -0.25) is 0 Å². The third-order valence-corrected chi connectivity index (χ3v) is 9.85. The maximum atomic E-state index is 9.00. The van der Waals surface area contributed by atoms with Gasteiger partial charge in [0.1, 0.15) is 0 Å². The van der Waals surface area contributed by atoms with E-state index in [4.69, 9.17) is 23.2 Å². The van der Waals surface area contributed by atoms with Gasteiger partial charge < -0.3 is 0 Å². The molecular formula is C51H33N3. The Morgan fingerprint density at radius 2 is 0.796 bits per heavy atom. The molecule has 3 heteroatoms. The summed E-state index contributed by atoms with van der Waals surface area (Å²) in [5, 5.41) is 4.22. The topological polar surface area (TPSA) is 38.7 Å². The van der Waals surface area contributed by atoms with E-state index in [1.165, 1.54) is 5.56 Å². The largest absolute Gasteiger partial charge is 0.208 e. The maximum absolute atomic E-state index is 9.00. The molecule has 0 fully saturated rings. The zero-order valence-electron chi connectivity index (χ0n) is 34.9. The number of benzene rings is 9. The molecule has 0 atom stereocenters. The van der Waals surface area contributed by atoms with Gasteiger partial charge in [-0.15, -0.1) is 0 Å². The van der Waals surface area contributed by atoms with E-state index in [0.29, 0.717) is 28.6 Å². The highest BCUT2D eigenvalue weighted by molar-refractivity contribution is 6.06. The molecule has 9 aromatic carbocycles. The summed E-state index contributed by atoms with van der Waals surface area (Å²) >= 11 is 0. The van der Waals surface area contributed by atoms with Crippen LogP contribution >= 0.6 is 0 Å². The van der Waals surface area contributed by atoms with Crippen molar-refractivity contribution in [3.63, 3.8) is 0 Å². The van der Waals surface area contributed by atoms with E-state index < -0.39 is 6.04 Å². The molecule has 0 aliphatic carbocycles. The second-order valence-corrected chi connectivity index (χ2v) is 13.2. The number of fused-ring (bicyclic) bond motifs is 3. The molecule has 0 aliphatic rings. The minimum atomic E-state index is -0.415. The average Bonchev–Trinajstić information content (AvgIpc) is 3.30. The Bertz CT molecular complexity index is 3340. The van der Waals surface area contributed by atoms with Crippen LogP contribution in [0.2, 0.25) is 0 Å². The molecular weight excluding hydrogens is 655 g/mol. The van der Waals surface area contributed by atoms with E-state index in [1.54, 1.807) is 6.07 Å². The monoisotopic (exact) mass is 693 g/mol. The first-order chi connectivity index (χ1) is 29.2. The van der Waals surface area contributed by atoms with E-state index >= 15 is 0 Å². The molecule has 10 aromatic rings. The van der Waals surface area contributed by atoms with Crippen molar-refractivity contribution in [1.29, 1.82) is 0 Å². The summed E-state index contributed by atoms with van der Waals surface area (Å²) in [4.78, 5) is 15.1. The lowest BCUT2D eigenvalue weighted by Gasteiger charge is -2.14. The number of rotatable bonds is 6. The summed E-state index contributed by atoms with van der Waals surface area (Å²) in [6.07, 6.45) is 0. The molecule has 252 valence electrons. The van der Waals surface area contributed by atoms with Crippen LogP contribution in [-0.2, 0) is 0 Å². The molecule has 1 heterocycles. The summed E-state index contributed by atoms with van der Waals surface area (Å²) < 4.78 is 51.3. The highest BCUT2D eigenvalue weighted by Gasteiger charge is 2.15. The second kappa shape index (κ2) is 13.4. The van der Waals surface area contributed by atoms with Crippen LogP contribution in [-0.4, -0.2) is 15.0 Å². The highest BCUT2D eigenvalue weighted by atomic mass is 15.0. The van der Waals surface area contributed by atoms with Crippen molar-refractivity contribution < 1.29 is 8.22 Å². The smallest absolute Gasteiger partial charge is 0.164 e. The lowest BCUT2D eigenvalue weighted by atomic mass is 9.91. The Hall–Kier alpha value is -7.23. The lowest BCUT2D eigenvalue weighted by molar-refractivity contribution is 1.07. The van der Waals surface area contributed by atoms with E-state index in [0.717, 1.165) is 54.9 Å². The van der Waals surface area contributed by atoms with Crippen LogP contribution in [0, 0.1) is 0 Å². The lowest BCUT2D eigenvalue weighted by Crippen LogP contribution is -2.00. The van der Waals surface area contributed by atoms with Crippen LogP contribution in [0.5, 0.6) is 0 Å². The molecule has 0 amide bonds. The zero-order valence-corrected chi connectivity index (χ0v) is 28.9. The van der Waals surface area contributed by atoms with Crippen molar-refractivity contribution in [2.45, 2.75) is 0 Å². The fourth-order valence-electron chi connectivity index (χ4n) is 7.14. The Kier molecular flexibility index (Phi) is 6.37.